The monoisotopic (exact) mass is 1220 g/mol. The van der Waals surface area contributed by atoms with Gasteiger partial charge in [-0.1, -0.05) is 238 Å². The van der Waals surface area contributed by atoms with Gasteiger partial charge in [-0.05, 0) is 185 Å². The van der Waals surface area contributed by atoms with Crippen molar-refractivity contribution in [2.45, 2.75) is 57.8 Å². The summed E-state index contributed by atoms with van der Waals surface area (Å²) in [5.74, 6) is 0. The topological polar surface area (TPSA) is 19.7 Å². The lowest BCUT2D eigenvalue weighted by molar-refractivity contribution is 0.636. The van der Waals surface area contributed by atoms with Gasteiger partial charge in [0.2, 0.25) is 0 Å². The normalized spacial score (nSPS) is 12.6. The molecule has 1 aliphatic rings. The van der Waals surface area contributed by atoms with Crippen LogP contribution in [-0.2, 0) is 37.5 Å². The molecule has 0 radical (unpaired) electrons. The van der Waals surface area contributed by atoms with E-state index in [1.54, 1.807) is 0 Å². The van der Waals surface area contributed by atoms with Gasteiger partial charge in [-0.15, -0.1) is 0 Å². The number of rotatable bonds is 14. The second-order valence-electron chi connectivity index (χ2n) is 26.8. The molecule has 4 heteroatoms. The number of benzene rings is 13. The van der Waals surface area contributed by atoms with Gasteiger partial charge in [0.1, 0.15) is 0 Å². The van der Waals surface area contributed by atoms with E-state index in [9.17, 15) is 0 Å². The van der Waals surface area contributed by atoms with Crippen molar-refractivity contribution in [3.63, 3.8) is 0 Å². The van der Waals surface area contributed by atoms with E-state index in [0.29, 0.717) is 0 Å². The maximum Gasteiger partial charge on any atom is 0.0541 e. The molecule has 13 aromatic carbocycles. The van der Waals surface area contributed by atoms with Crippen molar-refractivity contribution < 1.29 is 0 Å². The molecule has 4 nitrogen and oxygen atoms in total. The van der Waals surface area contributed by atoms with Crippen LogP contribution >= 0.6 is 0 Å². The molecule has 0 spiro atoms. The zero-order valence-corrected chi connectivity index (χ0v) is 53.6. The van der Waals surface area contributed by atoms with Crippen LogP contribution in [0.25, 0.3) is 105 Å². The van der Waals surface area contributed by atoms with Crippen LogP contribution in [0.15, 0.2) is 309 Å². The fourth-order valence-corrected chi connectivity index (χ4v) is 15.9. The lowest BCUT2D eigenvalue weighted by atomic mass is 9.75. The summed E-state index contributed by atoms with van der Waals surface area (Å²) < 4.78 is 9.74. The molecule has 4 heterocycles. The van der Waals surface area contributed by atoms with Crippen LogP contribution in [0.2, 0.25) is 0 Å². The highest BCUT2D eigenvalue weighted by molar-refractivity contribution is 6.11. The second kappa shape index (κ2) is 23.0. The molecule has 0 bridgehead atoms. The molecule has 0 aliphatic heterocycles. The quantitative estimate of drug-likeness (QED) is 0.103. The van der Waals surface area contributed by atoms with Crippen molar-refractivity contribution in [1.82, 2.24) is 18.3 Å². The third kappa shape index (κ3) is 9.90. The summed E-state index contributed by atoms with van der Waals surface area (Å²) in [4.78, 5) is 0. The maximum atomic E-state index is 2.51. The summed E-state index contributed by atoms with van der Waals surface area (Å²) in [5.41, 5.74) is 28.8. The van der Waals surface area contributed by atoms with Gasteiger partial charge in [0.25, 0.3) is 0 Å². The van der Waals surface area contributed by atoms with E-state index in [1.807, 2.05) is 0 Å². The maximum absolute atomic E-state index is 2.51. The van der Waals surface area contributed by atoms with Crippen LogP contribution in [0.3, 0.4) is 0 Å². The van der Waals surface area contributed by atoms with E-state index in [0.717, 1.165) is 38.5 Å². The summed E-state index contributed by atoms with van der Waals surface area (Å²) in [6.07, 6.45) is 9.99. The van der Waals surface area contributed by atoms with Gasteiger partial charge in [0, 0.05) is 77.1 Å². The molecule has 1 aliphatic carbocycles. The number of fused-ring (bicyclic) bond motifs is 12. The standard InChI is InChI=1S/C91H70N4/c1-91(2,69-57-65(51-61-35-43-71(44-36-61)92-83-27-11-3-19-75(83)76-20-4-12-28-84(76)92)55-66(58-69)52-62-37-45-72(46-38-62)93-85-29-13-5-21-77(85)78-22-6-14-30-86(78)93)70-59-67(53-63-39-47-73(48-40-63)94-87-31-15-7-23-79(87)80-24-8-16-32-88(80)94)56-68(60-70)54-64-41-49-74(50-42-64)95-89-33-17-9-25-81(89)82-26-10-18-34-90(82)95/h3-17,19-33,35-50,55-60H,18,34,51-54H2,1-2H3. The number of hydrogen-bond donors (Lipinski definition) is 0. The number of aromatic nitrogens is 4. The van der Waals surface area contributed by atoms with Crippen LogP contribution in [0.1, 0.15) is 87.2 Å². The van der Waals surface area contributed by atoms with Crippen molar-refractivity contribution in [2.75, 3.05) is 0 Å². The summed E-state index contributed by atoms with van der Waals surface area (Å²) >= 11 is 0. The molecule has 0 amide bonds. The lowest BCUT2D eigenvalue weighted by Gasteiger charge is -2.29. The van der Waals surface area contributed by atoms with Crippen molar-refractivity contribution in [1.29, 1.82) is 0 Å². The number of para-hydroxylation sites is 7. The average molecular weight is 1220 g/mol. The molecule has 18 rings (SSSR count). The first-order valence-electron chi connectivity index (χ1n) is 33.7. The summed E-state index contributed by atoms with van der Waals surface area (Å²) in [6, 6.07) is 114. The van der Waals surface area contributed by atoms with Gasteiger partial charge in [-0.2, -0.15) is 0 Å². The Kier molecular flexibility index (Phi) is 13.6. The smallest absolute Gasteiger partial charge is 0.0541 e. The van der Waals surface area contributed by atoms with Crippen molar-refractivity contribution in [3.05, 3.63) is 376 Å². The minimum absolute atomic E-state index is 0.371. The first kappa shape index (κ1) is 56.3. The minimum atomic E-state index is -0.371. The highest BCUT2D eigenvalue weighted by atomic mass is 15.0. The molecule has 0 N–H and O–H groups in total. The van der Waals surface area contributed by atoms with E-state index < -0.39 is 0 Å². The van der Waals surface area contributed by atoms with Gasteiger partial charge in [0.05, 0.1) is 38.6 Å². The molecule has 0 atom stereocenters. The third-order valence-electron chi connectivity index (χ3n) is 20.5. The van der Waals surface area contributed by atoms with Crippen LogP contribution in [0.5, 0.6) is 0 Å². The second-order valence-corrected chi connectivity index (χ2v) is 26.8. The number of nitrogens with zero attached hydrogens (tertiary/aromatic N) is 4. The van der Waals surface area contributed by atoms with Gasteiger partial charge in [-0.3, -0.25) is 0 Å². The SMILES string of the molecule is CC(C)(c1cc(Cc2ccc(-n3c4c(c5ccccc53)C=CCC4)cc2)cc(Cc2ccc(-n3c4ccccc4c4ccccc43)cc2)c1)c1cc(Cc2ccc(-n3c4ccccc4c4ccccc43)cc2)cc(Cc2ccc(-n3c4ccccc4c4ccccc43)cc2)c1. The van der Waals surface area contributed by atoms with Gasteiger partial charge >= 0.3 is 0 Å². The van der Waals surface area contributed by atoms with E-state index in [-0.39, 0.29) is 5.41 Å². The molecule has 17 aromatic rings. The number of hydrogen-bond acceptors (Lipinski definition) is 0. The third-order valence-corrected chi connectivity index (χ3v) is 20.5. The van der Waals surface area contributed by atoms with E-state index in [2.05, 4.69) is 348 Å². The summed E-state index contributed by atoms with van der Waals surface area (Å²) in [7, 11) is 0. The van der Waals surface area contributed by atoms with Crippen LogP contribution in [-0.4, -0.2) is 18.3 Å². The van der Waals surface area contributed by atoms with Gasteiger partial charge in [-0.25, -0.2) is 0 Å². The fraction of sp³-hybridized carbons (Fsp3) is 0.0989. The Hall–Kier alpha value is -11.5. The molecule has 0 saturated heterocycles. The summed E-state index contributed by atoms with van der Waals surface area (Å²) in [6.45, 7) is 4.90. The largest absolute Gasteiger partial charge is 0.313 e. The Morgan fingerprint density at radius 3 is 0.811 bits per heavy atom. The fourth-order valence-electron chi connectivity index (χ4n) is 15.9. The first-order chi connectivity index (χ1) is 46.8. The Labute approximate surface area is 554 Å². The molecule has 0 unspecified atom stereocenters. The predicted octanol–water partition coefficient (Wildman–Crippen LogP) is 22.6. The lowest BCUT2D eigenvalue weighted by Crippen LogP contribution is -2.20. The zero-order chi connectivity index (χ0) is 63.1. The highest BCUT2D eigenvalue weighted by Gasteiger charge is 2.27. The molecular formula is C91H70N4. The molecule has 4 aromatic heterocycles. The summed E-state index contributed by atoms with van der Waals surface area (Å²) in [5, 5.41) is 8.97. The van der Waals surface area contributed by atoms with Crippen molar-refractivity contribution in [3.8, 4) is 22.7 Å². The van der Waals surface area contributed by atoms with Crippen LogP contribution in [0.4, 0.5) is 0 Å². The van der Waals surface area contributed by atoms with Gasteiger partial charge < -0.3 is 18.3 Å². The molecule has 95 heavy (non-hydrogen) atoms. The zero-order valence-electron chi connectivity index (χ0n) is 53.6. The van der Waals surface area contributed by atoms with Crippen molar-refractivity contribution in [2.24, 2.45) is 0 Å². The molecule has 0 saturated carbocycles. The Morgan fingerprint density at radius 2 is 0.516 bits per heavy atom. The van der Waals surface area contributed by atoms with E-state index >= 15 is 0 Å². The minimum Gasteiger partial charge on any atom is -0.313 e. The average Bonchev–Trinajstić information content (AvgIpc) is 1.36. The predicted molar refractivity (Wildman–Crippen MR) is 399 cm³/mol. The Bertz CT molecular complexity index is 5500. The Balaban J connectivity index is 0.721. The molecular weight excluding hydrogens is 1150 g/mol. The molecule has 0 fully saturated rings. The van der Waals surface area contributed by atoms with Gasteiger partial charge in [0.15, 0.2) is 0 Å². The highest BCUT2D eigenvalue weighted by Crippen LogP contribution is 2.40. The van der Waals surface area contributed by atoms with Crippen LogP contribution in [0, 0.1) is 0 Å². The molecule has 454 valence electrons. The van der Waals surface area contributed by atoms with Crippen molar-refractivity contribution >= 4 is 82.4 Å². The number of allylic oxidation sites excluding steroid dienone is 1. The van der Waals surface area contributed by atoms with E-state index in [4.69, 9.17) is 0 Å². The first-order valence-corrected chi connectivity index (χ1v) is 33.7. The Morgan fingerprint density at radius 1 is 0.263 bits per heavy atom. The van der Waals surface area contributed by atoms with E-state index in [1.165, 1.54) is 166 Å². The van der Waals surface area contributed by atoms with Crippen LogP contribution < -0.4 is 0 Å².